The molecule has 1 aromatic carbocycles. The Kier molecular flexibility index (Phi) is 4.61. The highest BCUT2D eigenvalue weighted by Gasteiger charge is 2.43. The molecule has 17 heavy (non-hydrogen) atoms. The summed E-state index contributed by atoms with van der Waals surface area (Å²) in [5.74, 6) is -0.485. The summed E-state index contributed by atoms with van der Waals surface area (Å²) in [7, 11) is 0. The van der Waals surface area contributed by atoms with Crippen molar-refractivity contribution in [2.45, 2.75) is 11.9 Å². The molecule has 2 rings (SSSR count). The van der Waals surface area contributed by atoms with E-state index in [-0.39, 0.29) is 6.10 Å². The van der Waals surface area contributed by atoms with Crippen molar-refractivity contribution in [3.05, 3.63) is 33.8 Å². The molecule has 0 aromatic heterocycles. The third-order valence-corrected chi connectivity index (χ3v) is 4.18. The SMILES string of the molecule is ClCC1COC(CBr)(c2ccc(Cl)cc2Cl)O1. The molecular weight excluding hydrogens is 350 g/mol. The van der Waals surface area contributed by atoms with Gasteiger partial charge >= 0.3 is 0 Å². The van der Waals surface area contributed by atoms with E-state index in [1.165, 1.54) is 0 Å². The van der Waals surface area contributed by atoms with Crippen molar-refractivity contribution in [1.82, 2.24) is 0 Å². The number of rotatable bonds is 3. The van der Waals surface area contributed by atoms with Crippen LogP contribution in [0.3, 0.4) is 0 Å². The number of halogens is 4. The molecule has 0 radical (unpaired) electrons. The van der Waals surface area contributed by atoms with E-state index in [2.05, 4.69) is 15.9 Å². The molecule has 6 heteroatoms. The average molecular weight is 360 g/mol. The van der Waals surface area contributed by atoms with Gasteiger partial charge in [-0.3, -0.25) is 0 Å². The summed E-state index contributed by atoms with van der Waals surface area (Å²) < 4.78 is 11.5. The van der Waals surface area contributed by atoms with Gasteiger partial charge in [0, 0.05) is 10.6 Å². The summed E-state index contributed by atoms with van der Waals surface area (Å²) in [5.41, 5.74) is 0.757. The van der Waals surface area contributed by atoms with E-state index < -0.39 is 5.79 Å². The van der Waals surface area contributed by atoms with Crippen molar-refractivity contribution in [3.8, 4) is 0 Å². The molecule has 0 aliphatic carbocycles. The summed E-state index contributed by atoms with van der Waals surface area (Å²) >= 11 is 21.2. The lowest BCUT2D eigenvalue weighted by molar-refractivity contribution is -0.154. The molecule has 1 fully saturated rings. The van der Waals surface area contributed by atoms with Gasteiger partial charge < -0.3 is 9.47 Å². The number of hydrogen-bond donors (Lipinski definition) is 0. The zero-order chi connectivity index (χ0) is 12.5. The van der Waals surface area contributed by atoms with Gasteiger partial charge in [0.2, 0.25) is 5.79 Å². The molecule has 94 valence electrons. The second-order valence-corrected chi connectivity index (χ2v) is 5.43. The summed E-state index contributed by atoms with van der Waals surface area (Å²) in [6, 6.07) is 5.24. The van der Waals surface area contributed by atoms with E-state index in [1.54, 1.807) is 12.1 Å². The highest BCUT2D eigenvalue weighted by Crippen LogP contribution is 2.40. The third-order valence-electron chi connectivity index (χ3n) is 2.55. The minimum Gasteiger partial charge on any atom is -0.342 e. The highest BCUT2D eigenvalue weighted by atomic mass is 79.9. The largest absolute Gasteiger partial charge is 0.342 e. The molecule has 0 amide bonds. The normalized spacial score (nSPS) is 28.6. The lowest BCUT2D eigenvalue weighted by atomic mass is 10.1. The fourth-order valence-corrected chi connectivity index (χ4v) is 3.02. The Hall–Kier alpha value is 0.490. The van der Waals surface area contributed by atoms with Gasteiger partial charge in [0.1, 0.15) is 0 Å². The first kappa shape index (κ1) is 13.9. The monoisotopic (exact) mass is 358 g/mol. The maximum absolute atomic E-state index is 6.17. The van der Waals surface area contributed by atoms with Crippen molar-refractivity contribution in [3.63, 3.8) is 0 Å². The highest BCUT2D eigenvalue weighted by molar-refractivity contribution is 9.09. The maximum Gasteiger partial charge on any atom is 0.206 e. The molecule has 2 unspecified atom stereocenters. The smallest absolute Gasteiger partial charge is 0.206 e. The van der Waals surface area contributed by atoms with Crippen LogP contribution in [0.5, 0.6) is 0 Å². The Morgan fingerprint density at radius 2 is 2.18 bits per heavy atom. The Balaban J connectivity index is 2.35. The van der Waals surface area contributed by atoms with E-state index in [0.29, 0.717) is 27.9 Å². The van der Waals surface area contributed by atoms with E-state index >= 15 is 0 Å². The molecule has 1 heterocycles. The summed E-state index contributed by atoms with van der Waals surface area (Å²) in [6.07, 6.45) is -0.124. The van der Waals surface area contributed by atoms with Crippen molar-refractivity contribution in [2.24, 2.45) is 0 Å². The second kappa shape index (κ2) is 5.64. The van der Waals surface area contributed by atoms with Crippen LogP contribution in [0.15, 0.2) is 18.2 Å². The van der Waals surface area contributed by atoms with Crippen molar-refractivity contribution in [1.29, 1.82) is 0 Å². The summed E-state index contributed by atoms with van der Waals surface area (Å²) in [6.45, 7) is 0.452. The van der Waals surface area contributed by atoms with Gasteiger partial charge in [0.25, 0.3) is 0 Å². The van der Waals surface area contributed by atoms with Crippen LogP contribution in [0.2, 0.25) is 10.0 Å². The first-order valence-electron chi connectivity index (χ1n) is 5.00. The lowest BCUT2D eigenvalue weighted by Gasteiger charge is -2.27. The first-order chi connectivity index (χ1) is 8.11. The number of ether oxygens (including phenoxy) is 2. The molecule has 1 aliphatic rings. The van der Waals surface area contributed by atoms with E-state index in [0.717, 1.165) is 5.56 Å². The molecule has 2 nitrogen and oxygen atoms in total. The fourth-order valence-electron chi connectivity index (χ4n) is 1.72. The molecule has 2 atom stereocenters. The molecule has 0 spiro atoms. The average Bonchev–Trinajstić information content (AvgIpc) is 2.74. The second-order valence-electron chi connectivity index (χ2n) is 3.72. The van der Waals surface area contributed by atoms with E-state index in [4.69, 9.17) is 44.3 Å². The van der Waals surface area contributed by atoms with Crippen LogP contribution in [0.1, 0.15) is 5.56 Å². The zero-order valence-electron chi connectivity index (χ0n) is 8.76. The third kappa shape index (κ3) is 2.75. The van der Waals surface area contributed by atoms with E-state index in [1.807, 2.05) is 6.07 Å². The number of hydrogen-bond acceptors (Lipinski definition) is 2. The van der Waals surface area contributed by atoms with Gasteiger partial charge in [0.15, 0.2) is 0 Å². The predicted octanol–water partition coefficient (Wildman–Crippen LogP) is 4.20. The Labute approximate surface area is 123 Å². The van der Waals surface area contributed by atoms with Gasteiger partial charge in [-0.05, 0) is 12.1 Å². The van der Waals surface area contributed by atoms with Crippen LogP contribution >= 0.6 is 50.7 Å². The molecule has 0 bridgehead atoms. The zero-order valence-corrected chi connectivity index (χ0v) is 12.6. The lowest BCUT2D eigenvalue weighted by Crippen LogP contribution is -2.30. The minimum absolute atomic E-state index is 0.124. The Bertz CT molecular complexity index is 416. The minimum atomic E-state index is -0.874. The molecule has 0 N–H and O–H groups in total. The quantitative estimate of drug-likeness (QED) is 0.753. The topological polar surface area (TPSA) is 18.5 Å². The Morgan fingerprint density at radius 3 is 2.71 bits per heavy atom. The molecule has 1 aromatic rings. The maximum atomic E-state index is 6.17. The van der Waals surface area contributed by atoms with Gasteiger partial charge in [-0.25, -0.2) is 0 Å². The van der Waals surface area contributed by atoms with Crippen LogP contribution in [0.4, 0.5) is 0 Å². The van der Waals surface area contributed by atoms with Crippen molar-refractivity contribution >= 4 is 50.7 Å². The summed E-state index contributed by atoms with van der Waals surface area (Å²) in [4.78, 5) is 0. The van der Waals surface area contributed by atoms with Crippen molar-refractivity contribution < 1.29 is 9.47 Å². The number of alkyl halides is 2. The van der Waals surface area contributed by atoms with Crippen LogP contribution in [-0.2, 0) is 15.3 Å². The standard InChI is InChI=1S/C11H10BrCl3O2/c12-6-11(16-5-8(4-13)17-11)9-2-1-7(14)3-10(9)15/h1-3,8H,4-6H2. The predicted molar refractivity (Wildman–Crippen MR) is 73.5 cm³/mol. The molecule has 1 saturated heterocycles. The summed E-state index contributed by atoms with van der Waals surface area (Å²) in [5, 5.41) is 1.58. The van der Waals surface area contributed by atoms with Gasteiger partial charge in [-0.15, -0.1) is 11.6 Å². The van der Waals surface area contributed by atoms with Crippen LogP contribution in [0, 0.1) is 0 Å². The van der Waals surface area contributed by atoms with Crippen LogP contribution in [0.25, 0.3) is 0 Å². The molecule has 0 saturated carbocycles. The van der Waals surface area contributed by atoms with Crippen LogP contribution in [-0.4, -0.2) is 23.9 Å². The van der Waals surface area contributed by atoms with Crippen LogP contribution < -0.4 is 0 Å². The number of benzene rings is 1. The Morgan fingerprint density at radius 1 is 1.41 bits per heavy atom. The first-order valence-corrected chi connectivity index (χ1v) is 7.42. The van der Waals surface area contributed by atoms with Gasteiger partial charge in [-0.2, -0.15) is 0 Å². The molecule has 1 aliphatic heterocycles. The van der Waals surface area contributed by atoms with E-state index in [9.17, 15) is 0 Å². The molecular formula is C11H10BrCl3O2. The van der Waals surface area contributed by atoms with Gasteiger partial charge in [0.05, 0.1) is 28.9 Å². The van der Waals surface area contributed by atoms with Gasteiger partial charge in [-0.1, -0.05) is 45.2 Å². The fraction of sp³-hybridized carbons (Fsp3) is 0.455. The van der Waals surface area contributed by atoms with Crippen molar-refractivity contribution in [2.75, 3.05) is 17.8 Å².